The molecule has 0 unspecified atom stereocenters. The number of fused-ring (bicyclic) bond motifs is 1. The van der Waals surface area contributed by atoms with Crippen LogP contribution in [-0.4, -0.2) is 33.8 Å². The lowest BCUT2D eigenvalue weighted by Crippen LogP contribution is -2.59. The first-order valence-electron chi connectivity index (χ1n) is 6.88. The van der Waals surface area contributed by atoms with Gasteiger partial charge in [-0.3, -0.25) is 0 Å². The molecule has 0 spiro atoms. The molecule has 1 fully saturated rings. The number of rotatable bonds is 2. The number of pyridine rings is 2. The molecule has 1 aliphatic heterocycles. The minimum absolute atomic E-state index is 0.0891. The van der Waals surface area contributed by atoms with E-state index in [1.807, 2.05) is 19.2 Å². The molecule has 0 saturated carbocycles. The number of β-amino-alcohol motifs (C(OH)–C–C–N with tert-alkyl or cyclic N) is 1. The van der Waals surface area contributed by atoms with Gasteiger partial charge in [-0.25, -0.2) is 9.97 Å². The highest BCUT2D eigenvalue weighted by atomic mass is 35.5. The van der Waals surface area contributed by atoms with Crippen LogP contribution in [0.5, 0.6) is 0 Å². The third-order valence-corrected chi connectivity index (χ3v) is 4.28. The van der Waals surface area contributed by atoms with Crippen molar-refractivity contribution in [2.24, 2.45) is 0 Å². The average molecular weight is 292 g/mol. The Hall–Kier alpha value is -1.39. The Morgan fingerprint density at radius 3 is 2.65 bits per heavy atom. The van der Waals surface area contributed by atoms with Crippen LogP contribution >= 0.6 is 11.6 Å². The summed E-state index contributed by atoms with van der Waals surface area (Å²) >= 11 is 6.04. The summed E-state index contributed by atoms with van der Waals surface area (Å²) in [6.07, 6.45) is 3.41. The number of hydrogen-bond donors (Lipinski definition) is 1. The molecule has 0 aliphatic carbocycles. The van der Waals surface area contributed by atoms with Crippen LogP contribution in [0, 0.1) is 0 Å². The topological polar surface area (TPSA) is 49.2 Å². The Bertz CT molecular complexity index is 659. The van der Waals surface area contributed by atoms with Gasteiger partial charge in [0.05, 0.1) is 12.1 Å². The van der Waals surface area contributed by atoms with Gasteiger partial charge >= 0.3 is 0 Å². The van der Waals surface area contributed by atoms with Gasteiger partial charge in [0.2, 0.25) is 0 Å². The summed E-state index contributed by atoms with van der Waals surface area (Å²) in [5.41, 5.74) is 1.17. The molecule has 5 heteroatoms. The highest BCUT2D eigenvalue weighted by Crippen LogP contribution is 2.35. The Kier molecular flexibility index (Phi) is 3.30. The molecule has 1 aliphatic rings. The standard InChI is InChI=1S/C15H18ClN3O/c1-8(2)11-5-18-15(19-7-13(20)9(19)3)12-6-17-14(16)4-10(11)12/h4-6,8-9,13,20H,7H2,1-3H3/t9-,13+/m0/s1. The summed E-state index contributed by atoms with van der Waals surface area (Å²) in [4.78, 5) is 10.9. The van der Waals surface area contributed by atoms with Crippen molar-refractivity contribution in [2.75, 3.05) is 11.4 Å². The SMILES string of the molecule is CC(C)c1cnc(N2C[C@@H](O)[C@@H]2C)c2cnc(Cl)cc12. The maximum absolute atomic E-state index is 9.70. The van der Waals surface area contributed by atoms with E-state index in [-0.39, 0.29) is 12.1 Å². The molecule has 2 atom stereocenters. The van der Waals surface area contributed by atoms with Gasteiger partial charge in [0.1, 0.15) is 11.0 Å². The molecule has 20 heavy (non-hydrogen) atoms. The molecular formula is C15H18ClN3O. The number of halogens is 1. The summed E-state index contributed by atoms with van der Waals surface area (Å²) in [7, 11) is 0. The summed E-state index contributed by atoms with van der Waals surface area (Å²) < 4.78 is 0. The van der Waals surface area contributed by atoms with E-state index in [1.165, 1.54) is 5.56 Å². The minimum Gasteiger partial charge on any atom is -0.389 e. The van der Waals surface area contributed by atoms with Crippen molar-refractivity contribution >= 4 is 28.2 Å². The fraction of sp³-hybridized carbons (Fsp3) is 0.467. The molecular weight excluding hydrogens is 274 g/mol. The average Bonchev–Trinajstić information content (AvgIpc) is 2.42. The van der Waals surface area contributed by atoms with E-state index in [0.717, 1.165) is 16.6 Å². The molecule has 0 bridgehead atoms. The normalized spacial score (nSPS) is 22.4. The van der Waals surface area contributed by atoms with E-state index in [0.29, 0.717) is 17.6 Å². The molecule has 106 valence electrons. The smallest absolute Gasteiger partial charge is 0.138 e. The van der Waals surface area contributed by atoms with E-state index >= 15 is 0 Å². The summed E-state index contributed by atoms with van der Waals surface area (Å²) in [6, 6.07) is 1.99. The molecule has 3 heterocycles. The van der Waals surface area contributed by atoms with Crippen LogP contribution in [0.1, 0.15) is 32.3 Å². The number of nitrogens with zero attached hydrogens (tertiary/aromatic N) is 3. The van der Waals surface area contributed by atoms with Gasteiger partial charge in [-0.1, -0.05) is 25.4 Å². The van der Waals surface area contributed by atoms with Gasteiger partial charge in [-0.2, -0.15) is 0 Å². The Balaban J connectivity index is 2.18. The second-order valence-electron chi connectivity index (χ2n) is 5.70. The largest absolute Gasteiger partial charge is 0.389 e. The summed E-state index contributed by atoms with van der Waals surface area (Å²) in [5.74, 6) is 1.25. The first kappa shape index (κ1) is 13.6. The lowest BCUT2D eigenvalue weighted by molar-refractivity contribution is 0.0990. The van der Waals surface area contributed by atoms with Crippen molar-refractivity contribution in [3.63, 3.8) is 0 Å². The summed E-state index contributed by atoms with van der Waals surface area (Å²) in [5, 5.41) is 12.3. The van der Waals surface area contributed by atoms with Crippen LogP contribution in [0.15, 0.2) is 18.5 Å². The fourth-order valence-corrected chi connectivity index (χ4v) is 2.83. The third kappa shape index (κ3) is 2.03. The highest BCUT2D eigenvalue weighted by Gasteiger charge is 2.35. The highest BCUT2D eigenvalue weighted by molar-refractivity contribution is 6.30. The van der Waals surface area contributed by atoms with Crippen molar-refractivity contribution in [1.82, 2.24) is 9.97 Å². The monoisotopic (exact) mass is 291 g/mol. The molecule has 0 aromatic carbocycles. The number of aromatic nitrogens is 2. The molecule has 4 nitrogen and oxygen atoms in total. The van der Waals surface area contributed by atoms with E-state index in [2.05, 4.69) is 28.7 Å². The van der Waals surface area contributed by atoms with Gasteiger partial charge in [0, 0.05) is 24.3 Å². The molecule has 1 saturated heterocycles. The zero-order chi connectivity index (χ0) is 14.4. The van der Waals surface area contributed by atoms with Gasteiger partial charge in [0.25, 0.3) is 0 Å². The maximum atomic E-state index is 9.70. The Morgan fingerprint density at radius 1 is 1.30 bits per heavy atom. The predicted molar refractivity (Wildman–Crippen MR) is 81.5 cm³/mol. The van der Waals surface area contributed by atoms with Crippen LogP contribution in [0.4, 0.5) is 5.82 Å². The first-order chi connectivity index (χ1) is 9.49. The van der Waals surface area contributed by atoms with Crippen LogP contribution in [0.3, 0.4) is 0 Å². The van der Waals surface area contributed by atoms with E-state index in [9.17, 15) is 5.11 Å². The van der Waals surface area contributed by atoms with Crippen molar-refractivity contribution in [1.29, 1.82) is 0 Å². The quantitative estimate of drug-likeness (QED) is 0.864. The van der Waals surface area contributed by atoms with E-state index in [4.69, 9.17) is 11.6 Å². The van der Waals surface area contributed by atoms with Crippen molar-refractivity contribution in [2.45, 2.75) is 38.8 Å². The van der Waals surface area contributed by atoms with Crippen LogP contribution < -0.4 is 4.90 Å². The molecule has 2 aromatic rings. The van der Waals surface area contributed by atoms with Gasteiger partial charge in [0.15, 0.2) is 0 Å². The van der Waals surface area contributed by atoms with Gasteiger partial charge in [-0.05, 0) is 29.9 Å². The maximum Gasteiger partial charge on any atom is 0.138 e. The summed E-state index contributed by atoms with van der Waals surface area (Å²) in [6.45, 7) is 6.90. The fourth-order valence-electron chi connectivity index (χ4n) is 2.68. The third-order valence-electron chi connectivity index (χ3n) is 4.07. The van der Waals surface area contributed by atoms with Crippen LogP contribution in [0.2, 0.25) is 5.15 Å². The Labute approximate surface area is 123 Å². The molecule has 0 amide bonds. The number of anilines is 1. The van der Waals surface area contributed by atoms with E-state index in [1.54, 1.807) is 6.20 Å². The lowest BCUT2D eigenvalue weighted by atomic mass is 9.97. The molecule has 3 rings (SSSR count). The number of aliphatic hydroxyl groups is 1. The predicted octanol–water partition coefficient (Wildman–Crippen LogP) is 2.98. The van der Waals surface area contributed by atoms with Gasteiger partial charge in [-0.15, -0.1) is 0 Å². The molecule has 1 N–H and O–H groups in total. The van der Waals surface area contributed by atoms with Crippen LogP contribution in [-0.2, 0) is 0 Å². The first-order valence-corrected chi connectivity index (χ1v) is 7.25. The van der Waals surface area contributed by atoms with Crippen molar-refractivity contribution in [3.8, 4) is 0 Å². The second kappa shape index (κ2) is 4.86. The molecule has 2 aromatic heterocycles. The minimum atomic E-state index is -0.281. The van der Waals surface area contributed by atoms with E-state index < -0.39 is 0 Å². The van der Waals surface area contributed by atoms with Crippen LogP contribution in [0.25, 0.3) is 10.8 Å². The molecule has 0 radical (unpaired) electrons. The van der Waals surface area contributed by atoms with Crippen molar-refractivity contribution < 1.29 is 5.11 Å². The number of hydrogen-bond acceptors (Lipinski definition) is 4. The van der Waals surface area contributed by atoms with Crippen molar-refractivity contribution in [3.05, 3.63) is 29.2 Å². The van der Waals surface area contributed by atoms with Gasteiger partial charge < -0.3 is 10.0 Å². The lowest BCUT2D eigenvalue weighted by Gasteiger charge is -2.44. The second-order valence-corrected chi connectivity index (χ2v) is 6.09. The number of aliphatic hydroxyl groups excluding tert-OH is 1. The zero-order valence-corrected chi connectivity index (χ0v) is 12.6. The zero-order valence-electron chi connectivity index (χ0n) is 11.8. The Morgan fingerprint density at radius 2 is 2.05 bits per heavy atom.